The summed E-state index contributed by atoms with van der Waals surface area (Å²) in [5, 5.41) is 0. The Morgan fingerprint density at radius 1 is 1.29 bits per heavy atom. The molecule has 0 atom stereocenters. The minimum atomic E-state index is -4.20. The van der Waals surface area contributed by atoms with Crippen LogP contribution in [0.4, 0.5) is 23.2 Å². The molecule has 0 aliphatic rings. The van der Waals surface area contributed by atoms with Crippen molar-refractivity contribution in [2.24, 2.45) is 0 Å². The molecule has 17 heavy (non-hydrogen) atoms. The Balaban J connectivity index is 2.78. The van der Waals surface area contributed by atoms with Gasteiger partial charge in [-0.15, -0.1) is 11.6 Å². The van der Waals surface area contributed by atoms with Gasteiger partial charge in [-0.05, 0) is 23.8 Å². The summed E-state index contributed by atoms with van der Waals surface area (Å²) in [5.74, 6) is -0.391. The number of anilines is 1. The second-order valence-corrected chi connectivity index (χ2v) is 3.96. The zero-order chi connectivity index (χ0) is 13.1. The van der Waals surface area contributed by atoms with Gasteiger partial charge < -0.3 is 4.90 Å². The van der Waals surface area contributed by atoms with E-state index in [1.165, 1.54) is 30.1 Å². The van der Waals surface area contributed by atoms with Crippen molar-refractivity contribution < 1.29 is 17.6 Å². The maximum absolute atomic E-state index is 12.9. The molecule has 0 fully saturated rings. The molecule has 0 N–H and O–H groups in total. The fraction of sp³-hybridized carbons (Fsp3) is 0.455. The SMILES string of the molecule is CN(CCC(F)(F)F)c1ccc(F)cc1CCl. The average molecular weight is 270 g/mol. The van der Waals surface area contributed by atoms with Crippen LogP contribution < -0.4 is 4.90 Å². The summed E-state index contributed by atoms with van der Waals surface area (Å²) in [6, 6.07) is 3.87. The highest BCUT2D eigenvalue weighted by Gasteiger charge is 2.27. The molecule has 1 aromatic carbocycles. The van der Waals surface area contributed by atoms with Crippen molar-refractivity contribution in [3.8, 4) is 0 Å². The molecule has 0 aliphatic heterocycles. The van der Waals surface area contributed by atoms with Gasteiger partial charge in [-0.3, -0.25) is 0 Å². The second kappa shape index (κ2) is 5.58. The van der Waals surface area contributed by atoms with Crippen LogP contribution in [0.5, 0.6) is 0 Å². The first-order chi connectivity index (χ1) is 7.83. The normalized spacial score (nSPS) is 11.6. The van der Waals surface area contributed by atoms with Crippen LogP contribution >= 0.6 is 11.6 Å². The van der Waals surface area contributed by atoms with E-state index >= 15 is 0 Å². The fourth-order valence-electron chi connectivity index (χ4n) is 1.45. The number of benzene rings is 1. The molecule has 1 aromatic rings. The van der Waals surface area contributed by atoms with Gasteiger partial charge in [-0.1, -0.05) is 0 Å². The molecule has 0 unspecified atom stereocenters. The highest BCUT2D eigenvalue weighted by atomic mass is 35.5. The maximum Gasteiger partial charge on any atom is 0.390 e. The number of nitrogens with zero attached hydrogens (tertiary/aromatic N) is 1. The van der Waals surface area contributed by atoms with Gasteiger partial charge in [0.05, 0.1) is 6.42 Å². The third-order valence-electron chi connectivity index (χ3n) is 2.33. The lowest BCUT2D eigenvalue weighted by molar-refractivity contribution is -0.132. The highest BCUT2D eigenvalue weighted by Crippen LogP contribution is 2.25. The Hall–Kier alpha value is -0.970. The van der Waals surface area contributed by atoms with Crippen LogP contribution in [0.15, 0.2) is 18.2 Å². The zero-order valence-corrected chi connectivity index (χ0v) is 9.95. The van der Waals surface area contributed by atoms with Crippen molar-refractivity contribution in [1.29, 1.82) is 0 Å². The van der Waals surface area contributed by atoms with Crippen LogP contribution in [-0.2, 0) is 5.88 Å². The molecule has 0 radical (unpaired) electrons. The number of alkyl halides is 4. The van der Waals surface area contributed by atoms with E-state index in [2.05, 4.69) is 0 Å². The van der Waals surface area contributed by atoms with E-state index in [1.54, 1.807) is 0 Å². The molecule has 0 saturated carbocycles. The van der Waals surface area contributed by atoms with E-state index in [1.807, 2.05) is 0 Å². The molecular formula is C11H12ClF4N. The van der Waals surface area contributed by atoms with E-state index in [0.29, 0.717) is 11.3 Å². The Labute approximate surface area is 102 Å². The monoisotopic (exact) mass is 269 g/mol. The van der Waals surface area contributed by atoms with E-state index < -0.39 is 18.4 Å². The average Bonchev–Trinajstić information content (AvgIpc) is 2.24. The molecule has 0 aliphatic carbocycles. The van der Waals surface area contributed by atoms with Gasteiger partial charge >= 0.3 is 6.18 Å². The van der Waals surface area contributed by atoms with E-state index in [9.17, 15) is 17.6 Å². The third-order valence-corrected chi connectivity index (χ3v) is 2.62. The van der Waals surface area contributed by atoms with Crippen molar-refractivity contribution in [3.05, 3.63) is 29.6 Å². The second-order valence-electron chi connectivity index (χ2n) is 3.69. The van der Waals surface area contributed by atoms with Crippen molar-refractivity contribution in [1.82, 2.24) is 0 Å². The molecule has 0 amide bonds. The first kappa shape index (κ1) is 14.1. The number of rotatable bonds is 4. The Morgan fingerprint density at radius 3 is 2.47 bits per heavy atom. The largest absolute Gasteiger partial charge is 0.390 e. The molecule has 0 heterocycles. The van der Waals surface area contributed by atoms with Gasteiger partial charge in [0.2, 0.25) is 0 Å². The van der Waals surface area contributed by atoms with Gasteiger partial charge in [0, 0.05) is 25.2 Å². The quantitative estimate of drug-likeness (QED) is 0.591. The van der Waals surface area contributed by atoms with E-state index in [0.717, 1.165) is 0 Å². The lowest BCUT2D eigenvalue weighted by atomic mass is 10.1. The molecule has 96 valence electrons. The van der Waals surface area contributed by atoms with Crippen LogP contribution in [0.2, 0.25) is 0 Å². The van der Waals surface area contributed by atoms with Crippen molar-refractivity contribution >= 4 is 17.3 Å². The predicted molar refractivity (Wildman–Crippen MR) is 59.9 cm³/mol. The van der Waals surface area contributed by atoms with Gasteiger partial charge in [0.25, 0.3) is 0 Å². The minimum Gasteiger partial charge on any atom is -0.374 e. The number of hydrogen-bond acceptors (Lipinski definition) is 1. The zero-order valence-electron chi connectivity index (χ0n) is 9.19. The Bertz CT molecular complexity index is 378. The molecule has 0 bridgehead atoms. The standard InChI is InChI=1S/C11H12ClF4N/c1-17(5-4-11(14,15)16)10-3-2-9(13)6-8(10)7-12/h2-3,6H,4-5,7H2,1H3. The highest BCUT2D eigenvalue weighted by molar-refractivity contribution is 6.17. The lowest BCUT2D eigenvalue weighted by Gasteiger charge is -2.22. The molecule has 0 aromatic heterocycles. The molecular weight excluding hydrogens is 258 g/mol. The van der Waals surface area contributed by atoms with Gasteiger partial charge in [-0.2, -0.15) is 13.2 Å². The number of hydrogen-bond donors (Lipinski definition) is 0. The summed E-state index contributed by atoms with van der Waals surface area (Å²) >= 11 is 5.62. The molecule has 1 rings (SSSR count). The summed E-state index contributed by atoms with van der Waals surface area (Å²) in [6.07, 6.45) is -5.11. The topological polar surface area (TPSA) is 3.24 Å². The van der Waals surface area contributed by atoms with Crippen molar-refractivity contribution in [3.63, 3.8) is 0 Å². The van der Waals surface area contributed by atoms with Gasteiger partial charge in [0.15, 0.2) is 0 Å². The van der Waals surface area contributed by atoms with Crippen LogP contribution in [0.3, 0.4) is 0 Å². The summed E-state index contributed by atoms with van der Waals surface area (Å²) in [4.78, 5) is 1.42. The lowest BCUT2D eigenvalue weighted by Crippen LogP contribution is -2.24. The smallest absolute Gasteiger partial charge is 0.374 e. The summed E-state index contributed by atoms with van der Waals surface area (Å²) in [7, 11) is 1.52. The van der Waals surface area contributed by atoms with E-state index in [4.69, 9.17) is 11.6 Å². The summed E-state index contributed by atoms with van der Waals surface area (Å²) in [5.41, 5.74) is 1.00. The van der Waals surface area contributed by atoms with Crippen molar-refractivity contribution in [2.45, 2.75) is 18.5 Å². The third kappa shape index (κ3) is 4.42. The van der Waals surface area contributed by atoms with Crippen LogP contribution in [0, 0.1) is 5.82 Å². The Morgan fingerprint density at radius 2 is 1.94 bits per heavy atom. The Kier molecular flexibility index (Phi) is 4.62. The summed E-state index contributed by atoms with van der Waals surface area (Å²) in [6.45, 7) is -0.182. The number of halogens is 5. The first-order valence-electron chi connectivity index (χ1n) is 4.96. The fourth-order valence-corrected chi connectivity index (χ4v) is 1.66. The first-order valence-corrected chi connectivity index (χ1v) is 5.49. The van der Waals surface area contributed by atoms with Gasteiger partial charge in [-0.25, -0.2) is 4.39 Å². The molecule has 0 spiro atoms. The van der Waals surface area contributed by atoms with Crippen molar-refractivity contribution in [2.75, 3.05) is 18.5 Å². The van der Waals surface area contributed by atoms with Gasteiger partial charge in [0.1, 0.15) is 5.82 Å². The van der Waals surface area contributed by atoms with E-state index in [-0.39, 0.29) is 12.4 Å². The van der Waals surface area contributed by atoms with Crippen LogP contribution in [0.25, 0.3) is 0 Å². The molecule has 1 nitrogen and oxygen atoms in total. The maximum atomic E-state index is 12.9. The summed E-state index contributed by atoms with van der Waals surface area (Å²) < 4.78 is 49.1. The molecule has 6 heteroatoms. The predicted octanol–water partition coefficient (Wildman–Crippen LogP) is 3.95. The van der Waals surface area contributed by atoms with Crippen LogP contribution in [-0.4, -0.2) is 19.8 Å². The van der Waals surface area contributed by atoms with Crippen LogP contribution in [0.1, 0.15) is 12.0 Å². The molecule has 0 saturated heterocycles. The minimum absolute atomic E-state index is 0.0590.